The minimum Gasteiger partial charge on any atom is -0.326 e. The number of para-hydroxylation sites is 1. The summed E-state index contributed by atoms with van der Waals surface area (Å²) < 4.78 is 40.9. The number of anilines is 3. The average Bonchev–Trinajstić information content (AvgIpc) is 3.61. The van der Waals surface area contributed by atoms with Crippen LogP contribution in [0.3, 0.4) is 0 Å². The van der Waals surface area contributed by atoms with E-state index in [1.807, 2.05) is 0 Å². The molecule has 3 aromatic rings. The zero-order chi connectivity index (χ0) is 22.7. The highest BCUT2D eigenvalue weighted by Crippen LogP contribution is 2.30. The van der Waals surface area contributed by atoms with Gasteiger partial charge in [0.1, 0.15) is 5.82 Å². The second-order valence-electron chi connectivity index (χ2n) is 7.41. The summed E-state index contributed by atoms with van der Waals surface area (Å²) in [5.74, 6) is -1.10. The van der Waals surface area contributed by atoms with Crippen molar-refractivity contribution in [2.75, 3.05) is 15.4 Å². The number of rotatable bonds is 7. The van der Waals surface area contributed by atoms with E-state index in [4.69, 9.17) is 0 Å². The summed E-state index contributed by atoms with van der Waals surface area (Å²) in [6, 6.07) is 17.5. The van der Waals surface area contributed by atoms with Gasteiger partial charge in [-0.2, -0.15) is 0 Å². The van der Waals surface area contributed by atoms with Gasteiger partial charge in [-0.15, -0.1) is 0 Å². The molecule has 0 atom stereocenters. The molecule has 32 heavy (non-hydrogen) atoms. The van der Waals surface area contributed by atoms with Crippen molar-refractivity contribution in [3.05, 3.63) is 84.2 Å². The lowest BCUT2D eigenvalue weighted by atomic mass is 10.2. The second kappa shape index (κ2) is 8.80. The minimum absolute atomic E-state index is 0.0331. The summed E-state index contributed by atoms with van der Waals surface area (Å²) in [7, 11) is -4.02. The Hall–Kier alpha value is -3.72. The first kappa shape index (κ1) is 21.5. The van der Waals surface area contributed by atoms with Crippen LogP contribution in [0, 0.1) is 11.7 Å². The van der Waals surface area contributed by atoms with Crippen molar-refractivity contribution in [3.63, 3.8) is 0 Å². The van der Waals surface area contributed by atoms with Crippen LogP contribution in [-0.2, 0) is 14.8 Å². The SMILES string of the molecule is O=C(Nc1cccc(NC(=O)C2CC2)c1)c1ccc(S(=O)(=O)Nc2ccccc2F)cc1. The molecule has 164 valence electrons. The highest BCUT2D eigenvalue weighted by molar-refractivity contribution is 7.92. The van der Waals surface area contributed by atoms with E-state index in [9.17, 15) is 22.4 Å². The first-order valence-electron chi connectivity index (χ1n) is 9.91. The van der Waals surface area contributed by atoms with E-state index in [0.29, 0.717) is 11.4 Å². The van der Waals surface area contributed by atoms with E-state index in [1.54, 1.807) is 24.3 Å². The first-order valence-corrected chi connectivity index (χ1v) is 11.4. The number of carbonyl (C=O) groups is 2. The Morgan fingerprint density at radius 1 is 0.844 bits per heavy atom. The zero-order valence-electron chi connectivity index (χ0n) is 16.8. The standard InChI is InChI=1S/C23H20FN3O4S/c24-20-6-1-2-7-21(20)27-32(30,31)19-12-10-16(11-13-19)23(29)26-18-5-3-4-17(14-18)25-22(28)15-8-9-15/h1-7,10-15,27H,8-9H2,(H,25,28)(H,26,29). The molecular formula is C23H20FN3O4S. The van der Waals surface area contributed by atoms with E-state index < -0.39 is 21.7 Å². The van der Waals surface area contributed by atoms with Crippen LogP contribution in [0.25, 0.3) is 0 Å². The monoisotopic (exact) mass is 453 g/mol. The molecule has 0 aromatic heterocycles. The first-order chi connectivity index (χ1) is 15.3. The maximum Gasteiger partial charge on any atom is 0.261 e. The Morgan fingerprint density at radius 3 is 2.16 bits per heavy atom. The summed E-state index contributed by atoms with van der Waals surface area (Å²) in [5.41, 5.74) is 1.15. The number of hydrogen-bond acceptors (Lipinski definition) is 4. The average molecular weight is 453 g/mol. The lowest BCUT2D eigenvalue weighted by Gasteiger charge is -2.10. The number of nitrogens with one attached hydrogen (secondary N) is 3. The van der Waals surface area contributed by atoms with Crippen molar-refractivity contribution in [2.45, 2.75) is 17.7 Å². The molecular weight excluding hydrogens is 433 g/mol. The molecule has 0 saturated heterocycles. The molecule has 1 fully saturated rings. The Balaban J connectivity index is 1.43. The van der Waals surface area contributed by atoms with Gasteiger partial charge in [0, 0.05) is 22.9 Å². The third-order valence-corrected chi connectivity index (χ3v) is 6.26. The topological polar surface area (TPSA) is 104 Å². The van der Waals surface area contributed by atoms with Gasteiger partial charge >= 0.3 is 0 Å². The van der Waals surface area contributed by atoms with Crippen molar-refractivity contribution in [2.24, 2.45) is 5.92 Å². The summed E-state index contributed by atoms with van der Waals surface area (Å²) in [6.45, 7) is 0. The van der Waals surface area contributed by atoms with Crippen LogP contribution < -0.4 is 15.4 Å². The summed E-state index contributed by atoms with van der Waals surface area (Å²) >= 11 is 0. The van der Waals surface area contributed by atoms with Crippen LogP contribution >= 0.6 is 0 Å². The van der Waals surface area contributed by atoms with E-state index in [-0.39, 0.29) is 28.0 Å². The van der Waals surface area contributed by atoms with Crippen LogP contribution in [0.2, 0.25) is 0 Å². The van der Waals surface area contributed by atoms with Crippen molar-refractivity contribution in [1.82, 2.24) is 0 Å². The van der Waals surface area contributed by atoms with Crippen LogP contribution in [0.15, 0.2) is 77.7 Å². The fourth-order valence-electron chi connectivity index (χ4n) is 3.00. The van der Waals surface area contributed by atoms with Gasteiger partial charge in [-0.25, -0.2) is 12.8 Å². The van der Waals surface area contributed by atoms with Gasteiger partial charge in [-0.05, 0) is 67.4 Å². The molecule has 7 nitrogen and oxygen atoms in total. The van der Waals surface area contributed by atoms with E-state index in [0.717, 1.165) is 18.9 Å². The smallest absolute Gasteiger partial charge is 0.261 e. The van der Waals surface area contributed by atoms with Gasteiger partial charge in [0.25, 0.3) is 15.9 Å². The number of amides is 2. The minimum atomic E-state index is -4.02. The molecule has 0 bridgehead atoms. The quantitative estimate of drug-likeness (QED) is 0.498. The van der Waals surface area contributed by atoms with E-state index in [1.165, 1.54) is 42.5 Å². The molecule has 1 aliphatic rings. The van der Waals surface area contributed by atoms with E-state index in [2.05, 4.69) is 15.4 Å². The molecule has 0 aliphatic heterocycles. The van der Waals surface area contributed by atoms with E-state index >= 15 is 0 Å². The van der Waals surface area contributed by atoms with Gasteiger partial charge < -0.3 is 10.6 Å². The molecule has 1 saturated carbocycles. The Bertz CT molecular complexity index is 1270. The molecule has 4 rings (SSSR count). The number of carbonyl (C=O) groups excluding carboxylic acids is 2. The highest BCUT2D eigenvalue weighted by Gasteiger charge is 2.29. The molecule has 9 heteroatoms. The number of benzene rings is 3. The summed E-state index contributed by atoms with van der Waals surface area (Å²) in [6.07, 6.45) is 1.79. The van der Waals surface area contributed by atoms with Crippen LogP contribution in [0.4, 0.5) is 21.5 Å². The lowest BCUT2D eigenvalue weighted by molar-refractivity contribution is -0.117. The zero-order valence-corrected chi connectivity index (χ0v) is 17.7. The van der Waals surface area contributed by atoms with Gasteiger partial charge in [0.15, 0.2) is 0 Å². The number of halogens is 1. The molecule has 2 amide bonds. The van der Waals surface area contributed by atoms with Gasteiger partial charge in [-0.3, -0.25) is 14.3 Å². The highest BCUT2D eigenvalue weighted by atomic mass is 32.2. The Kier molecular flexibility index (Phi) is 5.91. The number of sulfonamides is 1. The Morgan fingerprint density at radius 2 is 1.50 bits per heavy atom. The Labute approximate surface area is 184 Å². The molecule has 3 aromatic carbocycles. The van der Waals surface area contributed by atoms with Crippen LogP contribution in [0.5, 0.6) is 0 Å². The molecule has 0 heterocycles. The molecule has 0 unspecified atom stereocenters. The van der Waals surface area contributed by atoms with Crippen molar-refractivity contribution in [1.29, 1.82) is 0 Å². The third-order valence-electron chi connectivity index (χ3n) is 4.88. The molecule has 0 radical (unpaired) electrons. The van der Waals surface area contributed by atoms with Crippen molar-refractivity contribution < 1.29 is 22.4 Å². The molecule has 0 spiro atoms. The largest absolute Gasteiger partial charge is 0.326 e. The maximum atomic E-state index is 13.8. The van der Waals surface area contributed by atoms with Crippen LogP contribution in [0.1, 0.15) is 23.2 Å². The maximum absolute atomic E-state index is 13.8. The van der Waals surface area contributed by atoms with Crippen molar-refractivity contribution in [3.8, 4) is 0 Å². The fourth-order valence-corrected chi connectivity index (χ4v) is 4.07. The third kappa shape index (κ3) is 5.12. The van der Waals surface area contributed by atoms with Crippen molar-refractivity contribution >= 4 is 38.9 Å². The summed E-state index contributed by atoms with van der Waals surface area (Å²) in [5, 5.41) is 5.53. The number of hydrogen-bond donors (Lipinski definition) is 3. The molecule has 3 N–H and O–H groups in total. The van der Waals surface area contributed by atoms with Gasteiger partial charge in [0.2, 0.25) is 5.91 Å². The predicted octanol–water partition coefficient (Wildman–Crippen LogP) is 4.23. The summed E-state index contributed by atoms with van der Waals surface area (Å²) in [4.78, 5) is 24.3. The lowest BCUT2D eigenvalue weighted by Crippen LogP contribution is -2.16. The predicted molar refractivity (Wildman–Crippen MR) is 119 cm³/mol. The fraction of sp³-hybridized carbons (Fsp3) is 0.130. The van der Waals surface area contributed by atoms with Crippen LogP contribution in [-0.4, -0.2) is 20.2 Å². The van der Waals surface area contributed by atoms with Gasteiger partial charge in [-0.1, -0.05) is 18.2 Å². The normalized spacial score (nSPS) is 13.3. The van der Waals surface area contributed by atoms with Gasteiger partial charge in [0.05, 0.1) is 10.6 Å². The molecule has 1 aliphatic carbocycles. The second-order valence-corrected chi connectivity index (χ2v) is 9.09.